The lowest BCUT2D eigenvalue weighted by molar-refractivity contribution is 0.408. The second kappa shape index (κ2) is 7.18. The van der Waals surface area contributed by atoms with Gasteiger partial charge in [0.15, 0.2) is 0 Å². The van der Waals surface area contributed by atoms with Crippen molar-refractivity contribution >= 4 is 11.4 Å². The maximum absolute atomic E-state index is 13.3. The van der Waals surface area contributed by atoms with Crippen LogP contribution in [0.3, 0.4) is 0 Å². The molecule has 0 aliphatic rings. The van der Waals surface area contributed by atoms with Crippen LogP contribution in [0.4, 0.5) is 10.1 Å². The maximum Gasteiger partial charge on any atom is 0.331 e. The summed E-state index contributed by atoms with van der Waals surface area (Å²) in [6.45, 7) is 1.59. The van der Waals surface area contributed by atoms with Crippen LogP contribution in [0.25, 0.3) is 0 Å². The highest BCUT2D eigenvalue weighted by Gasteiger charge is 2.17. The molecule has 0 unspecified atom stereocenters. The van der Waals surface area contributed by atoms with E-state index in [0.717, 1.165) is 10.1 Å². The third-order valence-electron chi connectivity index (χ3n) is 3.82. The van der Waals surface area contributed by atoms with Gasteiger partial charge in [-0.25, -0.2) is 9.18 Å². The standard InChI is InChI=1S/C19H16FN3O3/c1-12(21-15-9-5-8-14(20)10-15)16-17(24)22-19(26)23(18(16)25)11-13-6-3-2-4-7-13/h2-10,25H,11H2,1H3,(H,22,24,26). The Hall–Kier alpha value is -3.48. The molecule has 1 aromatic heterocycles. The third kappa shape index (κ3) is 3.61. The number of nitrogens with one attached hydrogen (secondary N) is 1. The first-order valence-electron chi connectivity index (χ1n) is 7.87. The number of aliphatic imine (C=N–C) groups is 1. The van der Waals surface area contributed by atoms with Gasteiger partial charge in [-0.2, -0.15) is 0 Å². The largest absolute Gasteiger partial charge is 0.494 e. The first kappa shape index (κ1) is 17.3. The minimum atomic E-state index is -0.755. The van der Waals surface area contributed by atoms with Crippen LogP contribution in [0.5, 0.6) is 5.88 Å². The topological polar surface area (TPSA) is 87.4 Å². The number of aromatic hydroxyl groups is 1. The summed E-state index contributed by atoms with van der Waals surface area (Å²) < 4.78 is 14.4. The van der Waals surface area contributed by atoms with Gasteiger partial charge in [0.1, 0.15) is 11.4 Å². The van der Waals surface area contributed by atoms with Crippen molar-refractivity contribution in [3.8, 4) is 5.88 Å². The summed E-state index contributed by atoms with van der Waals surface area (Å²) >= 11 is 0. The quantitative estimate of drug-likeness (QED) is 0.707. The molecule has 0 spiro atoms. The van der Waals surface area contributed by atoms with Crippen LogP contribution in [0.2, 0.25) is 0 Å². The van der Waals surface area contributed by atoms with Crippen LogP contribution in [-0.4, -0.2) is 20.4 Å². The highest BCUT2D eigenvalue weighted by atomic mass is 19.1. The van der Waals surface area contributed by atoms with E-state index < -0.39 is 22.9 Å². The van der Waals surface area contributed by atoms with E-state index in [4.69, 9.17) is 0 Å². The van der Waals surface area contributed by atoms with Crippen LogP contribution in [-0.2, 0) is 6.54 Å². The summed E-state index contributed by atoms with van der Waals surface area (Å²) in [6, 6.07) is 14.6. The van der Waals surface area contributed by atoms with Gasteiger partial charge in [-0.05, 0) is 30.7 Å². The van der Waals surface area contributed by atoms with Crippen molar-refractivity contribution in [1.82, 2.24) is 9.55 Å². The number of nitrogens with zero attached hydrogens (tertiary/aromatic N) is 2. The normalized spacial score (nSPS) is 11.5. The number of halogens is 1. The first-order chi connectivity index (χ1) is 12.5. The SMILES string of the molecule is CC(=Nc1cccc(F)c1)c1c(O)n(Cc2ccccc2)c(=O)[nH]c1=O. The number of aromatic amines is 1. The molecule has 0 aliphatic carbocycles. The minimum Gasteiger partial charge on any atom is -0.494 e. The number of benzene rings is 2. The fourth-order valence-corrected chi connectivity index (χ4v) is 2.59. The predicted octanol–water partition coefficient (Wildman–Crippen LogP) is 2.57. The molecule has 132 valence electrons. The first-order valence-corrected chi connectivity index (χ1v) is 7.87. The zero-order valence-electron chi connectivity index (χ0n) is 13.9. The van der Waals surface area contributed by atoms with E-state index in [-0.39, 0.29) is 17.8 Å². The van der Waals surface area contributed by atoms with Gasteiger partial charge < -0.3 is 5.11 Å². The number of H-pyrrole nitrogens is 1. The Labute approximate surface area is 147 Å². The van der Waals surface area contributed by atoms with Crippen molar-refractivity contribution in [3.63, 3.8) is 0 Å². The van der Waals surface area contributed by atoms with Crippen LogP contribution in [0, 0.1) is 5.82 Å². The molecule has 0 saturated carbocycles. The second-order valence-corrected chi connectivity index (χ2v) is 5.71. The average molecular weight is 353 g/mol. The van der Waals surface area contributed by atoms with Crippen molar-refractivity contribution in [2.75, 3.05) is 0 Å². The molecule has 3 aromatic rings. The van der Waals surface area contributed by atoms with Gasteiger partial charge in [0, 0.05) is 0 Å². The molecule has 26 heavy (non-hydrogen) atoms. The number of aromatic nitrogens is 2. The fourth-order valence-electron chi connectivity index (χ4n) is 2.59. The molecular weight excluding hydrogens is 337 g/mol. The molecule has 0 radical (unpaired) electrons. The molecule has 7 heteroatoms. The average Bonchev–Trinajstić information content (AvgIpc) is 2.59. The molecule has 1 heterocycles. The van der Waals surface area contributed by atoms with Gasteiger partial charge >= 0.3 is 5.69 Å². The van der Waals surface area contributed by atoms with E-state index in [9.17, 15) is 19.1 Å². The van der Waals surface area contributed by atoms with Crippen LogP contribution < -0.4 is 11.2 Å². The smallest absolute Gasteiger partial charge is 0.331 e. The molecule has 0 saturated heterocycles. The van der Waals surface area contributed by atoms with E-state index in [1.165, 1.54) is 25.1 Å². The van der Waals surface area contributed by atoms with E-state index in [1.807, 2.05) is 6.07 Å². The Balaban J connectivity index is 2.09. The van der Waals surface area contributed by atoms with Crippen LogP contribution in [0.1, 0.15) is 18.1 Å². The maximum atomic E-state index is 13.3. The molecule has 2 N–H and O–H groups in total. The van der Waals surface area contributed by atoms with Gasteiger partial charge in [-0.3, -0.25) is 19.3 Å². The van der Waals surface area contributed by atoms with E-state index in [0.29, 0.717) is 5.69 Å². The Morgan fingerprint density at radius 3 is 2.58 bits per heavy atom. The fraction of sp³-hybridized carbons (Fsp3) is 0.105. The Morgan fingerprint density at radius 1 is 1.15 bits per heavy atom. The molecule has 0 bridgehead atoms. The summed E-state index contributed by atoms with van der Waals surface area (Å²) in [5, 5.41) is 10.5. The Kier molecular flexibility index (Phi) is 4.79. The van der Waals surface area contributed by atoms with E-state index in [2.05, 4.69) is 9.98 Å². The summed E-state index contributed by atoms with van der Waals surface area (Å²) in [5.74, 6) is -0.952. The molecule has 0 aliphatic heterocycles. The number of hydrogen-bond acceptors (Lipinski definition) is 4. The Bertz CT molecular complexity index is 1090. The minimum absolute atomic E-state index is 0.0858. The van der Waals surface area contributed by atoms with Crippen molar-refractivity contribution in [2.24, 2.45) is 4.99 Å². The summed E-state index contributed by atoms with van der Waals surface area (Å²) in [6.07, 6.45) is 0. The summed E-state index contributed by atoms with van der Waals surface area (Å²) in [7, 11) is 0. The molecule has 3 rings (SSSR count). The van der Waals surface area contributed by atoms with Crippen molar-refractivity contribution in [3.05, 3.63) is 92.4 Å². The lowest BCUT2D eigenvalue weighted by atomic mass is 10.2. The zero-order valence-corrected chi connectivity index (χ0v) is 13.9. The summed E-state index contributed by atoms with van der Waals surface area (Å²) in [5.41, 5.74) is -0.376. The lowest BCUT2D eigenvalue weighted by Crippen LogP contribution is -2.33. The van der Waals surface area contributed by atoms with Gasteiger partial charge in [0.25, 0.3) is 5.56 Å². The van der Waals surface area contributed by atoms with Gasteiger partial charge in [-0.15, -0.1) is 0 Å². The second-order valence-electron chi connectivity index (χ2n) is 5.71. The van der Waals surface area contributed by atoms with Crippen molar-refractivity contribution in [1.29, 1.82) is 0 Å². The van der Waals surface area contributed by atoms with Gasteiger partial charge in [0.05, 0.1) is 17.9 Å². The Morgan fingerprint density at radius 2 is 1.88 bits per heavy atom. The van der Waals surface area contributed by atoms with E-state index in [1.54, 1.807) is 30.3 Å². The highest BCUT2D eigenvalue weighted by Crippen LogP contribution is 2.18. The highest BCUT2D eigenvalue weighted by molar-refractivity contribution is 6.01. The summed E-state index contributed by atoms with van der Waals surface area (Å²) in [4.78, 5) is 30.6. The predicted molar refractivity (Wildman–Crippen MR) is 96.8 cm³/mol. The number of rotatable bonds is 4. The van der Waals surface area contributed by atoms with Crippen LogP contribution in [0.15, 0.2) is 69.2 Å². The van der Waals surface area contributed by atoms with Crippen molar-refractivity contribution < 1.29 is 9.50 Å². The molecular formula is C19H16FN3O3. The molecule has 0 atom stereocenters. The lowest BCUT2D eigenvalue weighted by Gasteiger charge is -2.11. The molecule has 6 nitrogen and oxygen atoms in total. The third-order valence-corrected chi connectivity index (χ3v) is 3.82. The molecule has 0 amide bonds. The van der Waals surface area contributed by atoms with Crippen LogP contribution >= 0.6 is 0 Å². The van der Waals surface area contributed by atoms with Crippen molar-refractivity contribution in [2.45, 2.75) is 13.5 Å². The van der Waals surface area contributed by atoms with Gasteiger partial charge in [0.2, 0.25) is 5.88 Å². The molecule has 2 aromatic carbocycles. The zero-order chi connectivity index (χ0) is 18.7. The number of hydrogen-bond donors (Lipinski definition) is 2. The molecule has 0 fully saturated rings. The van der Waals surface area contributed by atoms with Gasteiger partial charge in [-0.1, -0.05) is 36.4 Å². The van der Waals surface area contributed by atoms with E-state index >= 15 is 0 Å². The monoisotopic (exact) mass is 353 g/mol.